The van der Waals surface area contributed by atoms with E-state index in [0.29, 0.717) is 12.5 Å². The van der Waals surface area contributed by atoms with E-state index >= 15 is 0 Å². The number of imidazole rings is 1. The molecule has 22 heavy (non-hydrogen) atoms. The van der Waals surface area contributed by atoms with Crippen LogP contribution in [0.5, 0.6) is 0 Å². The number of hydrogen-bond donors (Lipinski definition) is 2. The number of aliphatic imine (C=N–C) groups is 1. The second-order valence-electron chi connectivity index (χ2n) is 6.63. The van der Waals surface area contributed by atoms with Crippen molar-refractivity contribution >= 4 is 5.96 Å². The summed E-state index contributed by atoms with van der Waals surface area (Å²) in [6, 6.07) is 0. The van der Waals surface area contributed by atoms with E-state index in [-0.39, 0.29) is 0 Å². The molecule has 1 aromatic heterocycles. The Morgan fingerprint density at radius 2 is 1.95 bits per heavy atom. The molecule has 0 bridgehead atoms. The first kappa shape index (κ1) is 18.5. The van der Waals surface area contributed by atoms with Gasteiger partial charge in [0.1, 0.15) is 5.82 Å². The highest BCUT2D eigenvalue weighted by Crippen LogP contribution is 2.05. The van der Waals surface area contributed by atoms with Crippen LogP contribution >= 0.6 is 0 Å². The van der Waals surface area contributed by atoms with Crippen molar-refractivity contribution < 1.29 is 0 Å². The van der Waals surface area contributed by atoms with Crippen molar-refractivity contribution in [3.63, 3.8) is 0 Å². The van der Waals surface area contributed by atoms with Crippen LogP contribution in [-0.4, -0.2) is 29.1 Å². The Hall–Kier alpha value is -1.52. The zero-order chi connectivity index (χ0) is 16.4. The summed E-state index contributed by atoms with van der Waals surface area (Å²) in [6.45, 7) is 11.6. The number of nitrogens with zero attached hydrogens (tertiary/aromatic N) is 3. The summed E-state index contributed by atoms with van der Waals surface area (Å²) in [5, 5.41) is 6.71. The third-order valence-electron chi connectivity index (χ3n) is 3.50. The number of aromatic nitrogens is 2. The summed E-state index contributed by atoms with van der Waals surface area (Å²) in [4.78, 5) is 8.69. The van der Waals surface area contributed by atoms with Gasteiger partial charge in [-0.1, -0.05) is 40.5 Å². The van der Waals surface area contributed by atoms with Gasteiger partial charge in [-0.05, 0) is 18.3 Å². The molecule has 2 N–H and O–H groups in total. The average molecular weight is 307 g/mol. The Morgan fingerprint density at radius 1 is 1.18 bits per heavy atom. The molecule has 5 nitrogen and oxygen atoms in total. The van der Waals surface area contributed by atoms with Gasteiger partial charge >= 0.3 is 0 Å². The van der Waals surface area contributed by atoms with Gasteiger partial charge in [0.2, 0.25) is 0 Å². The summed E-state index contributed by atoms with van der Waals surface area (Å²) >= 11 is 0. The lowest BCUT2D eigenvalue weighted by molar-refractivity contribution is 0.503. The van der Waals surface area contributed by atoms with E-state index < -0.39 is 0 Å². The van der Waals surface area contributed by atoms with E-state index in [9.17, 15) is 0 Å². The summed E-state index contributed by atoms with van der Waals surface area (Å²) in [5.74, 6) is 3.31. The van der Waals surface area contributed by atoms with Crippen molar-refractivity contribution in [2.24, 2.45) is 16.8 Å². The molecule has 5 heteroatoms. The highest BCUT2D eigenvalue weighted by Gasteiger charge is 2.05. The number of guanidine groups is 1. The third kappa shape index (κ3) is 7.48. The SMILES string of the molecule is CN=C(NCCCCC(C)C)NCc1nccn1CC(C)C. The van der Waals surface area contributed by atoms with Gasteiger partial charge < -0.3 is 15.2 Å². The second kappa shape index (κ2) is 10.2. The molecule has 0 fully saturated rings. The fourth-order valence-corrected chi connectivity index (χ4v) is 2.33. The maximum Gasteiger partial charge on any atom is 0.191 e. The summed E-state index contributed by atoms with van der Waals surface area (Å²) < 4.78 is 2.20. The molecule has 1 heterocycles. The van der Waals surface area contributed by atoms with E-state index in [0.717, 1.165) is 30.8 Å². The summed E-state index contributed by atoms with van der Waals surface area (Å²) in [7, 11) is 1.81. The standard InChI is InChI=1S/C17H33N5/c1-14(2)8-6-7-9-20-17(18-5)21-12-16-19-10-11-22(16)13-15(3)4/h10-11,14-15H,6-9,12-13H2,1-5H3,(H2,18,20,21). The average Bonchev–Trinajstić information content (AvgIpc) is 2.88. The van der Waals surface area contributed by atoms with E-state index in [1.54, 1.807) is 0 Å². The van der Waals surface area contributed by atoms with Gasteiger partial charge in [-0.2, -0.15) is 0 Å². The van der Waals surface area contributed by atoms with Gasteiger partial charge in [-0.3, -0.25) is 4.99 Å². The highest BCUT2D eigenvalue weighted by atomic mass is 15.2. The van der Waals surface area contributed by atoms with E-state index in [2.05, 4.69) is 52.9 Å². The first-order chi connectivity index (χ1) is 10.5. The fraction of sp³-hybridized carbons (Fsp3) is 0.765. The first-order valence-corrected chi connectivity index (χ1v) is 8.47. The Morgan fingerprint density at radius 3 is 2.59 bits per heavy atom. The molecule has 0 aromatic carbocycles. The lowest BCUT2D eigenvalue weighted by Gasteiger charge is -2.14. The van der Waals surface area contributed by atoms with Crippen molar-refractivity contribution in [1.82, 2.24) is 20.2 Å². The molecule has 0 unspecified atom stereocenters. The van der Waals surface area contributed by atoms with Crippen LogP contribution in [0, 0.1) is 11.8 Å². The molecule has 1 rings (SSSR count). The maximum absolute atomic E-state index is 4.42. The van der Waals surface area contributed by atoms with Crippen LogP contribution in [0.1, 0.15) is 52.8 Å². The van der Waals surface area contributed by atoms with Crippen molar-refractivity contribution in [2.45, 2.75) is 60.0 Å². The molecule has 126 valence electrons. The third-order valence-corrected chi connectivity index (χ3v) is 3.50. The van der Waals surface area contributed by atoms with E-state index in [4.69, 9.17) is 0 Å². The van der Waals surface area contributed by atoms with E-state index in [1.807, 2.05) is 19.4 Å². The second-order valence-corrected chi connectivity index (χ2v) is 6.63. The minimum Gasteiger partial charge on any atom is -0.356 e. The molecule has 0 aliphatic rings. The number of unbranched alkanes of at least 4 members (excludes halogenated alkanes) is 1. The van der Waals surface area contributed by atoms with Gasteiger partial charge in [-0.25, -0.2) is 4.98 Å². The first-order valence-electron chi connectivity index (χ1n) is 8.47. The van der Waals surface area contributed by atoms with Gasteiger partial charge in [0.05, 0.1) is 6.54 Å². The molecule has 0 amide bonds. The molecule has 0 atom stereocenters. The molecule has 0 aliphatic heterocycles. The number of nitrogens with one attached hydrogen (secondary N) is 2. The largest absolute Gasteiger partial charge is 0.356 e. The molecular weight excluding hydrogens is 274 g/mol. The Balaban J connectivity index is 2.31. The predicted molar refractivity (Wildman–Crippen MR) is 94.0 cm³/mol. The summed E-state index contributed by atoms with van der Waals surface area (Å²) in [6.07, 6.45) is 7.64. The van der Waals surface area contributed by atoms with Crippen LogP contribution in [0.15, 0.2) is 17.4 Å². The lowest BCUT2D eigenvalue weighted by atomic mass is 10.1. The van der Waals surface area contributed by atoms with Gasteiger partial charge in [0, 0.05) is 32.5 Å². The van der Waals surface area contributed by atoms with Gasteiger partial charge in [0.25, 0.3) is 0 Å². The monoisotopic (exact) mass is 307 g/mol. The highest BCUT2D eigenvalue weighted by molar-refractivity contribution is 5.79. The van der Waals surface area contributed by atoms with Crippen LogP contribution in [0.4, 0.5) is 0 Å². The molecular formula is C17H33N5. The van der Waals surface area contributed by atoms with Crippen LogP contribution in [0.3, 0.4) is 0 Å². The minimum atomic E-state index is 0.617. The zero-order valence-corrected chi connectivity index (χ0v) is 14.9. The summed E-state index contributed by atoms with van der Waals surface area (Å²) in [5.41, 5.74) is 0. The number of hydrogen-bond acceptors (Lipinski definition) is 2. The zero-order valence-electron chi connectivity index (χ0n) is 14.9. The van der Waals surface area contributed by atoms with Crippen molar-refractivity contribution in [3.05, 3.63) is 18.2 Å². The fourth-order valence-electron chi connectivity index (χ4n) is 2.33. The molecule has 0 saturated carbocycles. The van der Waals surface area contributed by atoms with Gasteiger partial charge in [-0.15, -0.1) is 0 Å². The Bertz CT molecular complexity index is 434. The van der Waals surface area contributed by atoms with E-state index in [1.165, 1.54) is 19.3 Å². The van der Waals surface area contributed by atoms with Crippen molar-refractivity contribution in [2.75, 3.05) is 13.6 Å². The maximum atomic E-state index is 4.42. The Kier molecular flexibility index (Phi) is 8.63. The van der Waals surface area contributed by atoms with Crippen molar-refractivity contribution in [1.29, 1.82) is 0 Å². The minimum absolute atomic E-state index is 0.617. The molecule has 0 saturated heterocycles. The smallest absolute Gasteiger partial charge is 0.191 e. The predicted octanol–water partition coefficient (Wildman–Crippen LogP) is 3.03. The topological polar surface area (TPSA) is 54.2 Å². The van der Waals surface area contributed by atoms with Crippen LogP contribution in [0.25, 0.3) is 0 Å². The van der Waals surface area contributed by atoms with Gasteiger partial charge in [0.15, 0.2) is 5.96 Å². The number of rotatable bonds is 9. The van der Waals surface area contributed by atoms with Crippen LogP contribution in [0.2, 0.25) is 0 Å². The molecule has 1 aromatic rings. The molecule has 0 radical (unpaired) electrons. The molecule has 0 spiro atoms. The van der Waals surface area contributed by atoms with Crippen molar-refractivity contribution in [3.8, 4) is 0 Å². The Labute approximate surface area is 135 Å². The normalized spacial score (nSPS) is 12.2. The van der Waals surface area contributed by atoms with Crippen LogP contribution < -0.4 is 10.6 Å². The quantitative estimate of drug-likeness (QED) is 0.419. The lowest BCUT2D eigenvalue weighted by Crippen LogP contribution is -2.38. The molecule has 0 aliphatic carbocycles. The van der Waals surface area contributed by atoms with Crippen LogP contribution in [-0.2, 0) is 13.1 Å².